The van der Waals surface area contributed by atoms with Crippen LogP contribution in [0.5, 0.6) is 0 Å². The van der Waals surface area contributed by atoms with Gasteiger partial charge in [-0.15, -0.1) is 0 Å². The highest BCUT2D eigenvalue weighted by atomic mass is 19.1. The Hall–Kier alpha value is -3.49. The van der Waals surface area contributed by atoms with Crippen LogP contribution in [-0.4, -0.2) is 41.2 Å². The Balaban J connectivity index is 1.34. The Labute approximate surface area is 184 Å². The zero-order valence-corrected chi connectivity index (χ0v) is 17.4. The summed E-state index contributed by atoms with van der Waals surface area (Å²) in [5.41, 5.74) is 6.54. The molecule has 0 unspecified atom stereocenters. The molecule has 2 aromatic carbocycles. The molecule has 1 fully saturated rings. The van der Waals surface area contributed by atoms with E-state index in [0.29, 0.717) is 42.7 Å². The lowest BCUT2D eigenvalue weighted by atomic mass is 9.78. The summed E-state index contributed by atoms with van der Waals surface area (Å²) in [4.78, 5) is 37.9. The van der Waals surface area contributed by atoms with Crippen LogP contribution in [0.2, 0.25) is 0 Å². The number of nitrogens with zero attached hydrogens (tertiary/aromatic N) is 1. The third-order valence-corrected chi connectivity index (χ3v) is 6.11. The minimum absolute atomic E-state index is 0.0979. The van der Waals surface area contributed by atoms with Crippen molar-refractivity contribution in [3.8, 4) is 0 Å². The second-order valence-electron chi connectivity index (χ2n) is 8.41. The summed E-state index contributed by atoms with van der Waals surface area (Å²) in [6.07, 6.45) is 1.23. The first-order chi connectivity index (χ1) is 15.2. The maximum Gasteiger partial charge on any atom is 0.317 e. The fourth-order valence-corrected chi connectivity index (χ4v) is 4.38. The van der Waals surface area contributed by atoms with E-state index in [1.807, 2.05) is 0 Å². The van der Waals surface area contributed by atoms with Gasteiger partial charge in [0.25, 0.3) is 0 Å². The van der Waals surface area contributed by atoms with Crippen molar-refractivity contribution in [3.05, 3.63) is 64.7 Å². The number of urea groups is 1. The standard InChI is InChI=1S/C23H24F2N4O3/c24-16-2-4-19-17(11-16)20(30)12-23(28-19)5-7-29(8-6-23)22(32)27-13-14-1-3-18(25)15(9-14)10-21(26)31/h1-4,9,11,28H,5-8,10,12-13H2,(H2,26,31)(H,27,32). The van der Waals surface area contributed by atoms with Crippen molar-refractivity contribution >= 4 is 23.4 Å². The molecule has 7 nitrogen and oxygen atoms in total. The number of carbonyl (C=O) groups excluding carboxylic acids is 3. The van der Waals surface area contributed by atoms with Gasteiger partial charge in [-0.1, -0.05) is 12.1 Å². The zero-order valence-electron chi connectivity index (χ0n) is 17.4. The summed E-state index contributed by atoms with van der Waals surface area (Å²) in [5.74, 6) is -1.68. The number of hydrogen-bond donors (Lipinski definition) is 3. The molecule has 0 aromatic heterocycles. The highest BCUT2D eigenvalue weighted by molar-refractivity contribution is 6.04. The number of anilines is 1. The molecule has 1 spiro atoms. The molecule has 4 N–H and O–H groups in total. The minimum atomic E-state index is -0.630. The Morgan fingerprint density at radius 3 is 2.59 bits per heavy atom. The van der Waals surface area contributed by atoms with Crippen LogP contribution in [0.3, 0.4) is 0 Å². The van der Waals surface area contributed by atoms with Gasteiger partial charge in [0.2, 0.25) is 5.91 Å². The molecule has 3 amide bonds. The molecule has 4 rings (SSSR count). The van der Waals surface area contributed by atoms with Crippen LogP contribution in [0, 0.1) is 11.6 Å². The predicted octanol–water partition coefficient (Wildman–Crippen LogP) is 2.74. The van der Waals surface area contributed by atoms with Crippen LogP contribution < -0.4 is 16.4 Å². The topological polar surface area (TPSA) is 105 Å². The molecule has 9 heteroatoms. The molecule has 0 aliphatic carbocycles. The Kier molecular flexibility index (Phi) is 5.82. The van der Waals surface area contributed by atoms with E-state index in [2.05, 4.69) is 10.6 Å². The van der Waals surface area contributed by atoms with E-state index >= 15 is 0 Å². The van der Waals surface area contributed by atoms with E-state index in [1.165, 1.54) is 24.3 Å². The first-order valence-electron chi connectivity index (χ1n) is 10.4. The van der Waals surface area contributed by atoms with Gasteiger partial charge >= 0.3 is 6.03 Å². The number of amides is 3. The molecule has 2 aliphatic heterocycles. The fraction of sp³-hybridized carbons (Fsp3) is 0.348. The number of hydrogen-bond acceptors (Lipinski definition) is 4. The number of fused-ring (bicyclic) bond motifs is 1. The molecule has 32 heavy (non-hydrogen) atoms. The molecular formula is C23H24F2N4O3. The average molecular weight is 442 g/mol. The van der Waals surface area contributed by atoms with E-state index in [1.54, 1.807) is 17.0 Å². The van der Waals surface area contributed by atoms with Crippen LogP contribution in [0.1, 0.15) is 40.7 Å². The van der Waals surface area contributed by atoms with Crippen molar-refractivity contribution < 1.29 is 23.2 Å². The summed E-state index contributed by atoms with van der Waals surface area (Å²) in [6.45, 7) is 1.10. The Morgan fingerprint density at radius 1 is 1.12 bits per heavy atom. The second kappa shape index (κ2) is 8.57. The maximum absolute atomic E-state index is 13.8. The highest BCUT2D eigenvalue weighted by Crippen LogP contribution is 2.37. The molecule has 2 heterocycles. The number of piperidine rings is 1. The normalized spacial score (nSPS) is 16.9. The van der Waals surface area contributed by atoms with Crippen molar-refractivity contribution in [2.75, 3.05) is 18.4 Å². The summed E-state index contributed by atoms with van der Waals surface area (Å²) in [7, 11) is 0. The quantitative estimate of drug-likeness (QED) is 0.677. The summed E-state index contributed by atoms with van der Waals surface area (Å²) >= 11 is 0. The lowest BCUT2D eigenvalue weighted by Gasteiger charge is -2.45. The van der Waals surface area contributed by atoms with Gasteiger partial charge in [0, 0.05) is 42.8 Å². The molecule has 168 valence electrons. The minimum Gasteiger partial charge on any atom is -0.378 e. The van der Waals surface area contributed by atoms with E-state index in [4.69, 9.17) is 5.73 Å². The smallest absolute Gasteiger partial charge is 0.317 e. The van der Waals surface area contributed by atoms with Gasteiger partial charge in [-0.2, -0.15) is 0 Å². The number of halogens is 2. The van der Waals surface area contributed by atoms with E-state index in [0.717, 1.165) is 0 Å². The van der Waals surface area contributed by atoms with Crippen molar-refractivity contribution in [1.82, 2.24) is 10.2 Å². The molecule has 0 saturated carbocycles. The van der Waals surface area contributed by atoms with E-state index < -0.39 is 23.1 Å². The molecular weight excluding hydrogens is 418 g/mol. The highest BCUT2D eigenvalue weighted by Gasteiger charge is 2.41. The van der Waals surface area contributed by atoms with Crippen LogP contribution >= 0.6 is 0 Å². The first-order valence-corrected chi connectivity index (χ1v) is 10.4. The molecule has 2 aliphatic rings. The Morgan fingerprint density at radius 2 is 1.88 bits per heavy atom. The van der Waals surface area contributed by atoms with Crippen LogP contribution in [-0.2, 0) is 17.8 Å². The zero-order chi connectivity index (χ0) is 22.9. The van der Waals surface area contributed by atoms with Gasteiger partial charge in [0.15, 0.2) is 5.78 Å². The van der Waals surface area contributed by atoms with E-state index in [9.17, 15) is 23.2 Å². The SMILES string of the molecule is NC(=O)Cc1cc(CNC(=O)N2CCC3(CC2)CC(=O)c2cc(F)ccc2N3)ccc1F. The van der Waals surface area contributed by atoms with Crippen molar-refractivity contribution in [2.24, 2.45) is 5.73 Å². The van der Waals surface area contributed by atoms with Gasteiger partial charge in [-0.05, 0) is 48.2 Å². The number of rotatable bonds is 4. The fourth-order valence-electron chi connectivity index (χ4n) is 4.38. The Bertz CT molecular complexity index is 1080. The third-order valence-electron chi connectivity index (χ3n) is 6.11. The van der Waals surface area contributed by atoms with Gasteiger partial charge in [-0.3, -0.25) is 9.59 Å². The lowest BCUT2D eigenvalue weighted by molar-refractivity contribution is -0.117. The molecule has 2 aromatic rings. The summed E-state index contributed by atoms with van der Waals surface area (Å²) < 4.78 is 27.2. The van der Waals surface area contributed by atoms with Crippen LogP contribution in [0.25, 0.3) is 0 Å². The molecule has 0 bridgehead atoms. The maximum atomic E-state index is 13.8. The van der Waals surface area contributed by atoms with Gasteiger partial charge in [0.05, 0.1) is 6.42 Å². The van der Waals surface area contributed by atoms with E-state index in [-0.39, 0.29) is 36.8 Å². The number of primary amides is 1. The largest absolute Gasteiger partial charge is 0.378 e. The lowest BCUT2D eigenvalue weighted by Crippen LogP contribution is -2.55. The molecule has 0 radical (unpaired) electrons. The third kappa shape index (κ3) is 4.56. The summed E-state index contributed by atoms with van der Waals surface area (Å²) in [5, 5.41) is 6.21. The first kappa shape index (κ1) is 21.7. The number of nitrogens with one attached hydrogen (secondary N) is 2. The number of benzene rings is 2. The van der Waals surface area contributed by atoms with Gasteiger partial charge in [-0.25, -0.2) is 13.6 Å². The predicted molar refractivity (Wildman–Crippen MR) is 114 cm³/mol. The monoisotopic (exact) mass is 442 g/mol. The van der Waals surface area contributed by atoms with Gasteiger partial charge in [0.1, 0.15) is 11.6 Å². The average Bonchev–Trinajstić information content (AvgIpc) is 2.75. The number of likely N-dealkylation sites (tertiary alicyclic amines) is 1. The molecule has 0 atom stereocenters. The number of ketones is 1. The molecule has 1 saturated heterocycles. The van der Waals surface area contributed by atoms with Crippen LogP contribution in [0.4, 0.5) is 19.3 Å². The van der Waals surface area contributed by atoms with Crippen molar-refractivity contribution in [3.63, 3.8) is 0 Å². The van der Waals surface area contributed by atoms with Crippen molar-refractivity contribution in [1.29, 1.82) is 0 Å². The van der Waals surface area contributed by atoms with Crippen molar-refractivity contribution in [2.45, 2.75) is 37.8 Å². The van der Waals surface area contributed by atoms with Crippen LogP contribution in [0.15, 0.2) is 36.4 Å². The summed E-state index contributed by atoms with van der Waals surface area (Å²) in [6, 6.07) is 8.21. The second-order valence-corrected chi connectivity index (χ2v) is 8.41. The number of carbonyl (C=O) groups is 3. The number of Topliss-reactive ketones (excluding diaryl/α,β-unsaturated/α-hetero) is 1. The number of nitrogens with two attached hydrogens (primary N) is 1. The van der Waals surface area contributed by atoms with Gasteiger partial charge < -0.3 is 21.3 Å².